The number of thiazole rings is 1. The summed E-state index contributed by atoms with van der Waals surface area (Å²) in [6, 6.07) is 9.08. The lowest BCUT2D eigenvalue weighted by Gasteiger charge is -2.05. The Bertz CT molecular complexity index is 946. The number of hydrogen-bond acceptors (Lipinski definition) is 5. The molecule has 8 heteroatoms. The highest BCUT2D eigenvalue weighted by Gasteiger charge is 2.17. The Labute approximate surface area is 160 Å². The maximum atomic E-state index is 12.4. The van der Waals surface area contributed by atoms with Gasteiger partial charge in [-0.25, -0.2) is 18.1 Å². The molecule has 132 valence electrons. The highest BCUT2D eigenvalue weighted by molar-refractivity contribution is 7.91. The zero-order valence-corrected chi connectivity index (χ0v) is 16.7. The van der Waals surface area contributed by atoms with Gasteiger partial charge in [0.1, 0.15) is 9.22 Å². The number of hydrogen-bond donors (Lipinski definition) is 1. The summed E-state index contributed by atoms with van der Waals surface area (Å²) in [5.41, 5.74) is 2.92. The van der Waals surface area contributed by atoms with Gasteiger partial charge in [0.05, 0.1) is 5.69 Å². The number of nitrogens with one attached hydrogen (secondary N) is 1. The van der Waals surface area contributed by atoms with Crippen molar-refractivity contribution in [1.29, 1.82) is 0 Å². The van der Waals surface area contributed by atoms with Crippen LogP contribution in [0, 0.1) is 0 Å². The SMILES string of the molecule is CCc1csc(-c2csc(S(=O)(=O)NCCc3ccc(Cl)cc3)c2)n1. The maximum Gasteiger partial charge on any atom is 0.250 e. The molecule has 4 nitrogen and oxygen atoms in total. The number of rotatable bonds is 7. The molecule has 0 bridgehead atoms. The van der Waals surface area contributed by atoms with E-state index in [1.807, 2.05) is 29.8 Å². The first-order valence-corrected chi connectivity index (χ1v) is 11.4. The number of nitrogens with zero attached hydrogens (tertiary/aromatic N) is 1. The highest BCUT2D eigenvalue weighted by Crippen LogP contribution is 2.30. The van der Waals surface area contributed by atoms with Gasteiger partial charge in [0, 0.05) is 27.9 Å². The van der Waals surface area contributed by atoms with Gasteiger partial charge in [0.25, 0.3) is 0 Å². The van der Waals surface area contributed by atoms with E-state index in [1.165, 1.54) is 22.7 Å². The molecule has 0 aliphatic heterocycles. The maximum absolute atomic E-state index is 12.4. The molecule has 0 radical (unpaired) electrons. The van der Waals surface area contributed by atoms with Crippen LogP contribution in [0.25, 0.3) is 10.6 Å². The van der Waals surface area contributed by atoms with Crippen molar-refractivity contribution >= 4 is 44.3 Å². The van der Waals surface area contributed by atoms with Crippen LogP contribution in [0.4, 0.5) is 0 Å². The van der Waals surface area contributed by atoms with Crippen LogP contribution in [0.5, 0.6) is 0 Å². The van der Waals surface area contributed by atoms with Crippen LogP contribution < -0.4 is 4.72 Å². The van der Waals surface area contributed by atoms with Crippen molar-refractivity contribution in [2.24, 2.45) is 0 Å². The van der Waals surface area contributed by atoms with E-state index in [-0.39, 0.29) is 0 Å². The number of halogens is 1. The first-order chi connectivity index (χ1) is 12.0. The van der Waals surface area contributed by atoms with Gasteiger partial charge in [-0.1, -0.05) is 30.7 Å². The molecule has 0 saturated heterocycles. The van der Waals surface area contributed by atoms with E-state index in [0.717, 1.165) is 28.2 Å². The molecule has 2 aromatic heterocycles. The number of benzene rings is 1. The molecule has 0 saturated carbocycles. The summed E-state index contributed by atoms with van der Waals surface area (Å²) in [5, 5.41) is 5.37. The van der Waals surface area contributed by atoms with Gasteiger partial charge in [-0.2, -0.15) is 0 Å². The molecule has 0 amide bonds. The molecule has 1 aromatic carbocycles. The molecule has 25 heavy (non-hydrogen) atoms. The minimum atomic E-state index is -3.51. The van der Waals surface area contributed by atoms with Gasteiger partial charge >= 0.3 is 0 Å². The summed E-state index contributed by atoms with van der Waals surface area (Å²) < 4.78 is 27.9. The largest absolute Gasteiger partial charge is 0.250 e. The zero-order chi connectivity index (χ0) is 17.9. The summed E-state index contributed by atoms with van der Waals surface area (Å²) in [5.74, 6) is 0. The minimum Gasteiger partial charge on any atom is -0.241 e. The molecule has 3 rings (SSSR count). The topological polar surface area (TPSA) is 59.1 Å². The first-order valence-electron chi connectivity index (χ1n) is 7.75. The summed E-state index contributed by atoms with van der Waals surface area (Å²) in [6.45, 7) is 2.39. The van der Waals surface area contributed by atoms with Crippen molar-refractivity contribution in [3.05, 3.63) is 57.4 Å². The molecule has 0 atom stereocenters. The average Bonchev–Trinajstić information content (AvgIpc) is 3.25. The lowest BCUT2D eigenvalue weighted by atomic mass is 10.2. The summed E-state index contributed by atoms with van der Waals surface area (Å²) in [6.07, 6.45) is 1.49. The summed E-state index contributed by atoms with van der Waals surface area (Å²) in [4.78, 5) is 4.50. The van der Waals surface area contributed by atoms with E-state index in [2.05, 4.69) is 9.71 Å². The Kier molecular flexibility index (Phi) is 5.91. The van der Waals surface area contributed by atoms with E-state index in [0.29, 0.717) is 22.2 Å². The van der Waals surface area contributed by atoms with Crippen molar-refractivity contribution in [3.8, 4) is 10.6 Å². The van der Waals surface area contributed by atoms with Gasteiger partial charge in [0.2, 0.25) is 10.0 Å². The smallest absolute Gasteiger partial charge is 0.241 e. The fraction of sp³-hybridized carbons (Fsp3) is 0.235. The predicted octanol–water partition coefficient (Wildman–Crippen LogP) is 4.61. The van der Waals surface area contributed by atoms with Crippen LogP contribution in [0.15, 0.2) is 45.3 Å². The van der Waals surface area contributed by atoms with Gasteiger partial charge in [-0.15, -0.1) is 22.7 Å². The standard InChI is InChI=1S/C17H17ClN2O2S3/c1-2-15-11-24-17(20-15)13-9-16(23-10-13)25(21,22)19-8-7-12-3-5-14(18)6-4-12/h3-6,9-11,19H,2,7-8H2,1H3. The van der Waals surface area contributed by atoms with Crippen molar-refractivity contribution in [3.63, 3.8) is 0 Å². The third-order valence-corrected chi connectivity index (χ3v) is 7.71. The highest BCUT2D eigenvalue weighted by atomic mass is 35.5. The Balaban J connectivity index is 1.65. The van der Waals surface area contributed by atoms with Crippen LogP contribution in [-0.4, -0.2) is 19.9 Å². The molecular weight excluding hydrogens is 396 g/mol. The quantitative estimate of drug-likeness (QED) is 0.616. The number of thiophene rings is 1. The van der Waals surface area contributed by atoms with Gasteiger partial charge < -0.3 is 0 Å². The van der Waals surface area contributed by atoms with Crippen LogP contribution in [0.2, 0.25) is 5.02 Å². The van der Waals surface area contributed by atoms with Crippen molar-refractivity contribution < 1.29 is 8.42 Å². The van der Waals surface area contributed by atoms with Crippen LogP contribution in [0.1, 0.15) is 18.2 Å². The molecule has 0 aliphatic rings. The second kappa shape index (κ2) is 7.97. The van der Waals surface area contributed by atoms with E-state index >= 15 is 0 Å². The van der Waals surface area contributed by atoms with Crippen LogP contribution >= 0.6 is 34.3 Å². The van der Waals surface area contributed by atoms with Crippen molar-refractivity contribution in [2.75, 3.05) is 6.54 Å². The summed E-state index contributed by atoms with van der Waals surface area (Å²) >= 11 is 8.60. The fourth-order valence-corrected chi connectivity index (χ4v) is 5.56. The Morgan fingerprint density at radius 1 is 1.16 bits per heavy atom. The number of aromatic nitrogens is 1. The van der Waals surface area contributed by atoms with E-state index in [4.69, 9.17) is 11.6 Å². The molecule has 0 spiro atoms. The second-order valence-electron chi connectivity index (χ2n) is 5.43. The van der Waals surface area contributed by atoms with E-state index in [1.54, 1.807) is 18.2 Å². The Morgan fingerprint density at radius 3 is 2.60 bits per heavy atom. The molecule has 3 aromatic rings. The fourth-order valence-electron chi connectivity index (χ4n) is 2.22. The molecule has 0 fully saturated rings. The van der Waals surface area contributed by atoms with Crippen LogP contribution in [-0.2, 0) is 22.9 Å². The normalized spacial score (nSPS) is 11.8. The first kappa shape index (κ1) is 18.5. The average molecular weight is 413 g/mol. The van der Waals surface area contributed by atoms with Crippen LogP contribution in [0.3, 0.4) is 0 Å². The van der Waals surface area contributed by atoms with Crippen molar-refractivity contribution in [2.45, 2.75) is 24.0 Å². The zero-order valence-electron chi connectivity index (χ0n) is 13.5. The van der Waals surface area contributed by atoms with Gasteiger partial charge in [-0.3, -0.25) is 0 Å². The van der Waals surface area contributed by atoms with Gasteiger partial charge in [-0.05, 0) is 36.6 Å². The molecule has 2 heterocycles. The Morgan fingerprint density at radius 2 is 1.92 bits per heavy atom. The molecule has 1 N–H and O–H groups in total. The molecule has 0 unspecified atom stereocenters. The van der Waals surface area contributed by atoms with E-state index < -0.39 is 10.0 Å². The number of sulfonamides is 1. The Hall–Kier alpha value is -1.25. The molecule has 0 aliphatic carbocycles. The van der Waals surface area contributed by atoms with Gasteiger partial charge in [0.15, 0.2) is 0 Å². The van der Waals surface area contributed by atoms with E-state index in [9.17, 15) is 8.42 Å². The molecular formula is C17H17ClN2O2S3. The second-order valence-corrected chi connectivity index (χ2v) is 9.63. The monoisotopic (exact) mass is 412 g/mol. The third-order valence-electron chi connectivity index (χ3n) is 3.62. The predicted molar refractivity (Wildman–Crippen MR) is 105 cm³/mol. The lowest BCUT2D eigenvalue weighted by Crippen LogP contribution is -2.25. The lowest BCUT2D eigenvalue weighted by molar-refractivity contribution is 0.584. The minimum absolute atomic E-state index is 0.312. The van der Waals surface area contributed by atoms with Crippen molar-refractivity contribution in [1.82, 2.24) is 9.71 Å². The summed E-state index contributed by atoms with van der Waals surface area (Å²) in [7, 11) is -3.51. The third kappa shape index (κ3) is 4.68. The number of aryl methyl sites for hydroxylation is 1.